The van der Waals surface area contributed by atoms with Crippen LogP contribution in [0, 0.1) is 0 Å². The molecule has 2 aromatic rings. The highest BCUT2D eigenvalue weighted by Gasteiger charge is 2.33. The Kier molecular flexibility index (Phi) is 3.48. The fourth-order valence-corrected chi connectivity index (χ4v) is 3.99. The van der Waals surface area contributed by atoms with Crippen molar-refractivity contribution in [3.8, 4) is 0 Å². The average Bonchev–Trinajstić information content (AvgIpc) is 2.43. The summed E-state index contributed by atoms with van der Waals surface area (Å²) in [4.78, 5) is 0. The monoisotopic (exact) mass is 297 g/mol. The van der Waals surface area contributed by atoms with Crippen molar-refractivity contribution in [2.75, 3.05) is 6.54 Å². The minimum atomic E-state index is 0.643. The topological polar surface area (TPSA) is 12.0 Å². The lowest BCUT2D eigenvalue weighted by Gasteiger charge is -2.39. The summed E-state index contributed by atoms with van der Waals surface area (Å²) < 4.78 is 0. The van der Waals surface area contributed by atoms with Gasteiger partial charge in [-0.3, -0.25) is 0 Å². The van der Waals surface area contributed by atoms with E-state index in [1.807, 2.05) is 12.1 Å². The van der Waals surface area contributed by atoms with Crippen LogP contribution in [0.15, 0.2) is 48.5 Å². The number of hydrogen-bond donors (Lipinski definition) is 1. The van der Waals surface area contributed by atoms with Gasteiger partial charge in [0.1, 0.15) is 0 Å². The molecule has 2 aliphatic carbocycles. The average molecular weight is 298 g/mol. The summed E-state index contributed by atoms with van der Waals surface area (Å²) in [5.41, 5.74) is 4.41. The highest BCUT2D eigenvalue weighted by Crippen LogP contribution is 2.40. The van der Waals surface area contributed by atoms with Crippen molar-refractivity contribution < 1.29 is 0 Å². The summed E-state index contributed by atoms with van der Waals surface area (Å²) in [5, 5.41) is 4.66. The molecule has 2 aliphatic rings. The van der Waals surface area contributed by atoms with Crippen molar-refractivity contribution in [1.29, 1.82) is 0 Å². The van der Waals surface area contributed by atoms with Gasteiger partial charge in [-0.2, -0.15) is 0 Å². The standard InChI is InChI=1S/C19H20ClN/c20-19-8-4-3-7-18(19)14-10-16(11-14)21-12-15-9-13-5-1-2-6-17(13)15/h1-8,14-16,21H,9-12H2. The van der Waals surface area contributed by atoms with Crippen LogP contribution in [0.1, 0.15) is 41.4 Å². The Morgan fingerprint density at radius 1 is 0.952 bits per heavy atom. The normalized spacial score (nSPS) is 26.6. The predicted octanol–water partition coefficient (Wildman–Crippen LogP) is 4.52. The van der Waals surface area contributed by atoms with E-state index < -0.39 is 0 Å². The number of rotatable bonds is 4. The van der Waals surface area contributed by atoms with Gasteiger partial charge in [0.25, 0.3) is 0 Å². The molecule has 0 bridgehead atoms. The number of halogens is 1. The Hall–Kier alpha value is -1.31. The van der Waals surface area contributed by atoms with Gasteiger partial charge in [0.2, 0.25) is 0 Å². The Morgan fingerprint density at radius 2 is 1.67 bits per heavy atom. The van der Waals surface area contributed by atoms with Crippen LogP contribution in [-0.4, -0.2) is 12.6 Å². The van der Waals surface area contributed by atoms with Crippen LogP contribution < -0.4 is 5.32 Å². The lowest BCUT2D eigenvalue weighted by Crippen LogP contribution is -2.43. The second-order valence-corrected chi connectivity index (χ2v) is 6.80. The molecule has 0 aliphatic heterocycles. The van der Waals surface area contributed by atoms with Gasteiger partial charge in [0.15, 0.2) is 0 Å². The van der Waals surface area contributed by atoms with E-state index in [1.54, 1.807) is 5.56 Å². The van der Waals surface area contributed by atoms with Crippen molar-refractivity contribution in [3.05, 3.63) is 70.2 Å². The van der Waals surface area contributed by atoms with E-state index in [9.17, 15) is 0 Å². The Bertz CT molecular complexity index is 646. The third-order valence-electron chi connectivity index (χ3n) is 5.10. The fraction of sp³-hybridized carbons (Fsp3) is 0.368. The third kappa shape index (κ3) is 2.49. The molecule has 21 heavy (non-hydrogen) atoms. The molecule has 2 heteroatoms. The molecule has 1 atom stereocenters. The minimum Gasteiger partial charge on any atom is -0.313 e. The Balaban J connectivity index is 1.28. The molecular formula is C19H20ClN. The van der Waals surface area contributed by atoms with E-state index in [2.05, 4.69) is 41.7 Å². The first kappa shape index (κ1) is 13.4. The highest BCUT2D eigenvalue weighted by molar-refractivity contribution is 6.31. The van der Waals surface area contributed by atoms with Gasteiger partial charge in [-0.15, -0.1) is 0 Å². The molecule has 0 spiro atoms. The van der Waals surface area contributed by atoms with E-state index in [0.29, 0.717) is 12.0 Å². The van der Waals surface area contributed by atoms with Crippen LogP contribution in [0.4, 0.5) is 0 Å². The molecule has 1 nitrogen and oxygen atoms in total. The van der Waals surface area contributed by atoms with Crippen molar-refractivity contribution in [1.82, 2.24) is 5.32 Å². The lowest BCUT2D eigenvalue weighted by atomic mass is 9.74. The van der Waals surface area contributed by atoms with Crippen molar-refractivity contribution >= 4 is 11.6 Å². The number of hydrogen-bond acceptors (Lipinski definition) is 1. The maximum absolute atomic E-state index is 6.27. The fourth-order valence-electron chi connectivity index (χ4n) is 3.70. The summed E-state index contributed by atoms with van der Waals surface area (Å²) in [6, 6.07) is 17.8. The molecule has 1 saturated carbocycles. The molecule has 0 aromatic heterocycles. The molecule has 1 N–H and O–H groups in total. The number of fused-ring (bicyclic) bond motifs is 1. The molecule has 0 heterocycles. The maximum atomic E-state index is 6.27. The Morgan fingerprint density at radius 3 is 2.43 bits per heavy atom. The summed E-state index contributed by atoms with van der Waals surface area (Å²) >= 11 is 6.27. The summed E-state index contributed by atoms with van der Waals surface area (Å²) in [6.07, 6.45) is 3.68. The smallest absolute Gasteiger partial charge is 0.0440 e. The molecule has 1 fully saturated rings. The van der Waals surface area contributed by atoms with Gasteiger partial charge in [-0.1, -0.05) is 54.1 Å². The maximum Gasteiger partial charge on any atom is 0.0440 e. The van der Waals surface area contributed by atoms with Gasteiger partial charge in [0, 0.05) is 23.5 Å². The molecule has 0 saturated heterocycles. The second-order valence-electron chi connectivity index (χ2n) is 6.39. The molecule has 4 rings (SSSR count). The summed E-state index contributed by atoms with van der Waals surface area (Å²) in [5.74, 6) is 1.37. The zero-order chi connectivity index (χ0) is 14.2. The predicted molar refractivity (Wildman–Crippen MR) is 88.1 cm³/mol. The van der Waals surface area contributed by atoms with Gasteiger partial charge in [-0.25, -0.2) is 0 Å². The van der Waals surface area contributed by atoms with Crippen LogP contribution in [-0.2, 0) is 6.42 Å². The van der Waals surface area contributed by atoms with Crippen LogP contribution in [0.5, 0.6) is 0 Å². The third-order valence-corrected chi connectivity index (χ3v) is 5.44. The van der Waals surface area contributed by atoms with Crippen LogP contribution in [0.2, 0.25) is 5.02 Å². The number of benzene rings is 2. The lowest BCUT2D eigenvalue weighted by molar-refractivity contribution is 0.283. The molecule has 1 unspecified atom stereocenters. The van der Waals surface area contributed by atoms with E-state index in [4.69, 9.17) is 11.6 Å². The van der Waals surface area contributed by atoms with Crippen molar-refractivity contribution in [2.45, 2.75) is 37.1 Å². The summed E-state index contributed by atoms with van der Waals surface area (Å²) in [7, 11) is 0. The van der Waals surface area contributed by atoms with E-state index in [1.165, 1.54) is 30.4 Å². The first-order valence-electron chi connectivity index (χ1n) is 7.87. The minimum absolute atomic E-state index is 0.643. The highest BCUT2D eigenvalue weighted by atomic mass is 35.5. The van der Waals surface area contributed by atoms with Gasteiger partial charge >= 0.3 is 0 Å². The van der Waals surface area contributed by atoms with E-state index in [0.717, 1.165) is 17.5 Å². The van der Waals surface area contributed by atoms with Crippen molar-refractivity contribution in [3.63, 3.8) is 0 Å². The first-order chi connectivity index (χ1) is 10.3. The van der Waals surface area contributed by atoms with E-state index in [-0.39, 0.29) is 0 Å². The Labute approximate surface area is 131 Å². The molecular weight excluding hydrogens is 278 g/mol. The molecule has 108 valence electrons. The second kappa shape index (κ2) is 5.47. The SMILES string of the molecule is Clc1ccccc1C1CC(NCC2Cc3ccccc32)C1. The van der Waals surface area contributed by atoms with Crippen LogP contribution in [0.25, 0.3) is 0 Å². The zero-order valence-corrected chi connectivity index (χ0v) is 12.8. The van der Waals surface area contributed by atoms with E-state index >= 15 is 0 Å². The quantitative estimate of drug-likeness (QED) is 0.875. The van der Waals surface area contributed by atoms with Gasteiger partial charge in [0.05, 0.1) is 0 Å². The first-order valence-corrected chi connectivity index (χ1v) is 8.24. The number of nitrogens with one attached hydrogen (secondary N) is 1. The summed E-state index contributed by atoms with van der Waals surface area (Å²) in [6.45, 7) is 1.12. The molecule has 0 radical (unpaired) electrons. The van der Waals surface area contributed by atoms with Crippen molar-refractivity contribution in [2.24, 2.45) is 0 Å². The van der Waals surface area contributed by atoms with Gasteiger partial charge in [-0.05, 0) is 47.9 Å². The largest absolute Gasteiger partial charge is 0.313 e. The molecule has 2 aromatic carbocycles. The van der Waals surface area contributed by atoms with Crippen LogP contribution >= 0.6 is 11.6 Å². The zero-order valence-electron chi connectivity index (χ0n) is 12.1. The van der Waals surface area contributed by atoms with Crippen LogP contribution in [0.3, 0.4) is 0 Å². The van der Waals surface area contributed by atoms with Gasteiger partial charge < -0.3 is 5.32 Å². The molecule has 0 amide bonds.